The highest BCUT2D eigenvalue weighted by Crippen LogP contribution is 2.14. The van der Waals surface area contributed by atoms with Gasteiger partial charge in [0.15, 0.2) is 5.82 Å². The molecule has 13 heavy (non-hydrogen) atoms. The zero-order chi connectivity index (χ0) is 9.26. The molecule has 5 nitrogen and oxygen atoms in total. The summed E-state index contributed by atoms with van der Waals surface area (Å²) in [4.78, 5) is 22.4. The number of rotatable bonds is 1. The number of allylic oxidation sites excluding steroid dienone is 1. The van der Waals surface area contributed by atoms with Crippen LogP contribution in [-0.4, -0.2) is 22.1 Å². The molecule has 64 valence electrons. The highest BCUT2D eigenvalue weighted by Gasteiger charge is 2.18. The third-order valence-corrected chi connectivity index (χ3v) is 1.64. The van der Waals surface area contributed by atoms with Gasteiger partial charge in [-0.3, -0.25) is 4.79 Å². The van der Waals surface area contributed by atoms with Crippen molar-refractivity contribution < 1.29 is 4.79 Å². The molecule has 2 heterocycles. The molecular formula is C8H6N4O. The molecule has 1 aliphatic heterocycles. The van der Waals surface area contributed by atoms with Crippen LogP contribution in [0.2, 0.25) is 0 Å². The van der Waals surface area contributed by atoms with Crippen molar-refractivity contribution in [2.75, 3.05) is 0 Å². The van der Waals surface area contributed by atoms with Crippen LogP contribution in [0.25, 0.3) is 5.57 Å². The van der Waals surface area contributed by atoms with Gasteiger partial charge >= 0.3 is 0 Å². The van der Waals surface area contributed by atoms with E-state index < -0.39 is 5.91 Å². The molecule has 0 radical (unpaired) electrons. The second-order valence-electron chi connectivity index (χ2n) is 2.46. The number of aromatic nitrogens is 2. The van der Waals surface area contributed by atoms with Crippen molar-refractivity contribution in [3.8, 4) is 0 Å². The number of amides is 1. The molecule has 5 heteroatoms. The van der Waals surface area contributed by atoms with Crippen LogP contribution in [0.15, 0.2) is 29.1 Å². The number of hydrogen-bond acceptors (Lipinski definition) is 4. The van der Waals surface area contributed by atoms with E-state index in [-0.39, 0.29) is 5.70 Å². The summed E-state index contributed by atoms with van der Waals surface area (Å²) in [5, 5.41) is 0. The standard InChI is InChI=1S/C8H6N4O/c9-6-5(4-12-8(6)13)7-10-2-1-3-11-7/h1-4H,(H2,9,12,13). The minimum Gasteiger partial charge on any atom is -0.394 e. The van der Waals surface area contributed by atoms with Crippen molar-refractivity contribution in [2.45, 2.75) is 0 Å². The third-order valence-electron chi connectivity index (χ3n) is 1.64. The van der Waals surface area contributed by atoms with Crippen LogP contribution in [0.1, 0.15) is 5.82 Å². The van der Waals surface area contributed by atoms with Crippen LogP contribution in [0.4, 0.5) is 0 Å². The maximum Gasteiger partial charge on any atom is 0.293 e. The van der Waals surface area contributed by atoms with Gasteiger partial charge in [0, 0.05) is 18.6 Å². The molecule has 2 rings (SSSR count). The fourth-order valence-electron chi connectivity index (χ4n) is 0.994. The van der Waals surface area contributed by atoms with Crippen LogP contribution < -0.4 is 5.73 Å². The van der Waals surface area contributed by atoms with Gasteiger partial charge in [0.1, 0.15) is 5.70 Å². The largest absolute Gasteiger partial charge is 0.394 e. The third kappa shape index (κ3) is 1.20. The first-order valence-corrected chi connectivity index (χ1v) is 3.64. The minimum atomic E-state index is -0.428. The first-order valence-electron chi connectivity index (χ1n) is 3.64. The molecule has 0 unspecified atom stereocenters. The summed E-state index contributed by atoms with van der Waals surface area (Å²) in [7, 11) is 0. The van der Waals surface area contributed by atoms with Gasteiger partial charge in [-0.1, -0.05) is 0 Å². The maximum absolute atomic E-state index is 10.9. The summed E-state index contributed by atoms with van der Waals surface area (Å²) in [6.45, 7) is 0. The average molecular weight is 174 g/mol. The van der Waals surface area contributed by atoms with E-state index in [0.717, 1.165) is 0 Å². The number of nitrogens with two attached hydrogens (primary N) is 1. The fourth-order valence-corrected chi connectivity index (χ4v) is 0.994. The topological polar surface area (TPSA) is 81.2 Å². The molecular weight excluding hydrogens is 168 g/mol. The lowest BCUT2D eigenvalue weighted by Crippen LogP contribution is -2.07. The Morgan fingerprint density at radius 3 is 2.46 bits per heavy atom. The monoisotopic (exact) mass is 174 g/mol. The van der Waals surface area contributed by atoms with Crippen LogP contribution in [0.3, 0.4) is 0 Å². The Hall–Kier alpha value is -2.04. The number of nitrogens with zero attached hydrogens (tertiary/aromatic N) is 3. The van der Waals surface area contributed by atoms with E-state index in [1.54, 1.807) is 18.5 Å². The predicted molar refractivity (Wildman–Crippen MR) is 46.6 cm³/mol. The molecule has 0 bridgehead atoms. The van der Waals surface area contributed by atoms with E-state index in [1.165, 1.54) is 6.21 Å². The Labute approximate surface area is 74.0 Å². The van der Waals surface area contributed by atoms with Crippen molar-refractivity contribution in [1.29, 1.82) is 0 Å². The Morgan fingerprint density at radius 2 is 1.92 bits per heavy atom. The number of carbonyl (C=O) groups excluding carboxylic acids is 1. The smallest absolute Gasteiger partial charge is 0.293 e. The van der Waals surface area contributed by atoms with E-state index >= 15 is 0 Å². The summed E-state index contributed by atoms with van der Waals surface area (Å²) in [5.41, 5.74) is 6.07. The zero-order valence-electron chi connectivity index (χ0n) is 6.64. The Kier molecular flexibility index (Phi) is 1.63. The molecule has 1 aromatic rings. The predicted octanol–water partition coefficient (Wildman–Crippen LogP) is -0.243. The number of carbonyl (C=O) groups is 1. The lowest BCUT2D eigenvalue weighted by atomic mass is 10.2. The fraction of sp³-hybridized carbons (Fsp3) is 0. The molecule has 1 aromatic heterocycles. The number of aliphatic imine (C=N–C) groups is 1. The first kappa shape index (κ1) is 7.60. The highest BCUT2D eigenvalue weighted by molar-refractivity contribution is 6.26. The molecule has 1 amide bonds. The van der Waals surface area contributed by atoms with Crippen LogP contribution >= 0.6 is 0 Å². The van der Waals surface area contributed by atoms with Gasteiger partial charge in [-0.05, 0) is 6.07 Å². The van der Waals surface area contributed by atoms with Gasteiger partial charge in [0.05, 0.1) is 5.57 Å². The Bertz CT molecular complexity index is 407. The molecule has 0 fully saturated rings. The highest BCUT2D eigenvalue weighted by atomic mass is 16.1. The Morgan fingerprint density at radius 1 is 1.23 bits per heavy atom. The first-order chi connectivity index (χ1) is 6.29. The molecule has 0 atom stereocenters. The van der Waals surface area contributed by atoms with Crippen LogP contribution in [0.5, 0.6) is 0 Å². The summed E-state index contributed by atoms with van der Waals surface area (Å²) >= 11 is 0. The second kappa shape index (κ2) is 2.78. The molecule has 0 saturated carbocycles. The van der Waals surface area contributed by atoms with Gasteiger partial charge in [0.2, 0.25) is 0 Å². The summed E-state index contributed by atoms with van der Waals surface area (Å²) < 4.78 is 0. The van der Waals surface area contributed by atoms with E-state index in [0.29, 0.717) is 11.4 Å². The normalized spacial score (nSPS) is 15.5. The van der Waals surface area contributed by atoms with Crippen molar-refractivity contribution in [2.24, 2.45) is 10.7 Å². The average Bonchev–Trinajstić information content (AvgIpc) is 2.49. The lowest BCUT2D eigenvalue weighted by Gasteiger charge is -1.96. The second-order valence-corrected chi connectivity index (χ2v) is 2.46. The maximum atomic E-state index is 10.9. The lowest BCUT2D eigenvalue weighted by molar-refractivity contribution is -0.114. The zero-order valence-corrected chi connectivity index (χ0v) is 6.64. The minimum absolute atomic E-state index is 0.103. The molecule has 0 aromatic carbocycles. The van der Waals surface area contributed by atoms with E-state index in [9.17, 15) is 4.79 Å². The van der Waals surface area contributed by atoms with Gasteiger partial charge < -0.3 is 5.73 Å². The van der Waals surface area contributed by atoms with Crippen molar-refractivity contribution in [3.05, 3.63) is 30.0 Å². The van der Waals surface area contributed by atoms with Crippen molar-refractivity contribution in [3.63, 3.8) is 0 Å². The SMILES string of the molecule is NC1=C(c2ncccn2)C=NC1=O. The molecule has 0 spiro atoms. The Balaban J connectivity index is 2.50. The molecule has 2 N–H and O–H groups in total. The van der Waals surface area contributed by atoms with Gasteiger partial charge in [0.25, 0.3) is 5.91 Å². The summed E-state index contributed by atoms with van der Waals surface area (Å²) in [6, 6.07) is 1.69. The van der Waals surface area contributed by atoms with E-state index in [1.807, 2.05) is 0 Å². The molecule has 1 aliphatic rings. The van der Waals surface area contributed by atoms with Crippen LogP contribution in [0, 0.1) is 0 Å². The van der Waals surface area contributed by atoms with Gasteiger partial charge in [-0.25, -0.2) is 15.0 Å². The quantitative estimate of drug-likeness (QED) is 0.636. The number of hydrogen-bond donors (Lipinski definition) is 1. The van der Waals surface area contributed by atoms with E-state index in [4.69, 9.17) is 5.73 Å². The van der Waals surface area contributed by atoms with Crippen LogP contribution in [-0.2, 0) is 4.79 Å². The summed E-state index contributed by atoms with van der Waals surface area (Å²) in [6.07, 6.45) is 4.55. The summed E-state index contributed by atoms with van der Waals surface area (Å²) in [5.74, 6) is -0.00273. The molecule has 0 saturated heterocycles. The van der Waals surface area contributed by atoms with Gasteiger partial charge in [-0.15, -0.1) is 0 Å². The van der Waals surface area contributed by atoms with Crippen molar-refractivity contribution >= 4 is 17.7 Å². The van der Waals surface area contributed by atoms with Crippen molar-refractivity contribution in [1.82, 2.24) is 9.97 Å². The molecule has 0 aliphatic carbocycles. The van der Waals surface area contributed by atoms with E-state index in [2.05, 4.69) is 15.0 Å². The van der Waals surface area contributed by atoms with Gasteiger partial charge in [-0.2, -0.15) is 0 Å².